The maximum atomic E-state index is 13.0. The summed E-state index contributed by atoms with van der Waals surface area (Å²) >= 11 is 0. The SMILES string of the molecule is CC(CC(=O)O)n1c(-c2ccncc2)nc2cc(C(F)(F)F)ccc21. The van der Waals surface area contributed by atoms with Gasteiger partial charge in [0.2, 0.25) is 0 Å². The van der Waals surface area contributed by atoms with Crippen molar-refractivity contribution in [2.75, 3.05) is 0 Å². The summed E-state index contributed by atoms with van der Waals surface area (Å²) in [5.74, 6) is -0.590. The lowest BCUT2D eigenvalue weighted by Gasteiger charge is -2.16. The highest BCUT2D eigenvalue weighted by Crippen LogP contribution is 2.34. The first-order valence-corrected chi connectivity index (χ1v) is 7.48. The minimum Gasteiger partial charge on any atom is -0.481 e. The van der Waals surface area contributed by atoms with Crippen LogP contribution >= 0.6 is 0 Å². The highest BCUT2D eigenvalue weighted by molar-refractivity contribution is 5.82. The number of carboxylic acid groups (broad SMARTS) is 1. The monoisotopic (exact) mass is 349 g/mol. The molecule has 25 heavy (non-hydrogen) atoms. The zero-order valence-corrected chi connectivity index (χ0v) is 13.2. The van der Waals surface area contributed by atoms with Gasteiger partial charge in [-0.05, 0) is 37.3 Å². The number of rotatable bonds is 4. The van der Waals surface area contributed by atoms with Gasteiger partial charge in [0.25, 0.3) is 0 Å². The van der Waals surface area contributed by atoms with Gasteiger partial charge in [-0.3, -0.25) is 9.78 Å². The molecule has 2 heterocycles. The van der Waals surface area contributed by atoms with Gasteiger partial charge in [-0.15, -0.1) is 0 Å². The van der Waals surface area contributed by atoms with E-state index in [9.17, 15) is 18.0 Å². The summed E-state index contributed by atoms with van der Waals surface area (Å²) in [5.41, 5.74) is 0.473. The second kappa shape index (κ2) is 6.19. The number of nitrogens with zero attached hydrogens (tertiary/aromatic N) is 3. The van der Waals surface area contributed by atoms with Crippen LogP contribution in [0.15, 0.2) is 42.7 Å². The summed E-state index contributed by atoms with van der Waals surface area (Å²) in [6.07, 6.45) is -1.56. The van der Waals surface area contributed by atoms with E-state index >= 15 is 0 Å². The lowest BCUT2D eigenvalue weighted by molar-refractivity contribution is -0.138. The third kappa shape index (κ3) is 3.33. The minimum atomic E-state index is -4.47. The molecule has 0 radical (unpaired) electrons. The first-order chi connectivity index (χ1) is 11.8. The highest BCUT2D eigenvalue weighted by atomic mass is 19.4. The summed E-state index contributed by atoms with van der Waals surface area (Å²) in [4.78, 5) is 19.3. The van der Waals surface area contributed by atoms with Gasteiger partial charge in [0.05, 0.1) is 23.0 Å². The fourth-order valence-corrected chi connectivity index (χ4v) is 2.77. The van der Waals surface area contributed by atoms with Crippen LogP contribution in [-0.2, 0) is 11.0 Å². The molecule has 1 N–H and O–H groups in total. The van der Waals surface area contributed by atoms with Crippen LogP contribution in [-0.4, -0.2) is 25.6 Å². The Morgan fingerprint density at radius 3 is 2.52 bits per heavy atom. The second-order valence-electron chi connectivity index (χ2n) is 5.69. The van der Waals surface area contributed by atoms with E-state index in [0.717, 1.165) is 12.1 Å². The van der Waals surface area contributed by atoms with E-state index < -0.39 is 23.8 Å². The van der Waals surface area contributed by atoms with Crippen LogP contribution in [0.4, 0.5) is 13.2 Å². The van der Waals surface area contributed by atoms with Crippen molar-refractivity contribution in [3.05, 3.63) is 48.3 Å². The molecule has 0 fully saturated rings. The zero-order valence-electron chi connectivity index (χ0n) is 13.2. The molecule has 0 saturated carbocycles. The van der Waals surface area contributed by atoms with Crippen molar-refractivity contribution in [2.45, 2.75) is 25.6 Å². The molecule has 0 bridgehead atoms. The Balaban J connectivity index is 2.23. The van der Waals surface area contributed by atoms with E-state index in [1.807, 2.05) is 0 Å². The quantitative estimate of drug-likeness (QED) is 0.768. The number of carbonyl (C=O) groups is 1. The predicted octanol–water partition coefficient (Wildman–Crippen LogP) is 4.15. The molecule has 8 heteroatoms. The van der Waals surface area contributed by atoms with Gasteiger partial charge in [0, 0.05) is 24.0 Å². The maximum Gasteiger partial charge on any atom is 0.416 e. The third-order valence-electron chi connectivity index (χ3n) is 3.87. The number of hydrogen-bond donors (Lipinski definition) is 1. The maximum absolute atomic E-state index is 13.0. The lowest BCUT2D eigenvalue weighted by Crippen LogP contribution is -2.12. The zero-order chi connectivity index (χ0) is 18.2. The van der Waals surface area contributed by atoms with E-state index in [2.05, 4.69) is 9.97 Å². The molecule has 3 aromatic rings. The smallest absolute Gasteiger partial charge is 0.416 e. The van der Waals surface area contributed by atoms with Gasteiger partial charge in [-0.1, -0.05) is 0 Å². The first kappa shape index (κ1) is 16.9. The van der Waals surface area contributed by atoms with Crippen LogP contribution in [0.25, 0.3) is 22.4 Å². The molecule has 3 rings (SSSR count). The summed E-state index contributed by atoms with van der Waals surface area (Å²) < 4.78 is 40.5. The van der Waals surface area contributed by atoms with Crippen molar-refractivity contribution < 1.29 is 23.1 Å². The van der Waals surface area contributed by atoms with Crippen molar-refractivity contribution in [2.24, 2.45) is 0 Å². The molecule has 0 spiro atoms. The normalized spacial score (nSPS) is 13.1. The van der Waals surface area contributed by atoms with E-state index in [0.29, 0.717) is 16.9 Å². The number of fused-ring (bicyclic) bond motifs is 1. The molecular formula is C17H14F3N3O2. The van der Waals surface area contributed by atoms with Gasteiger partial charge >= 0.3 is 12.1 Å². The van der Waals surface area contributed by atoms with E-state index in [4.69, 9.17) is 5.11 Å². The van der Waals surface area contributed by atoms with Gasteiger partial charge in [-0.2, -0.15) is 13.2 Å². The van der Waals surface area contributed by atoms with Crippen molar-refractivity contribution in [1.29, 1.82) is 0 Å². The molecule has 1 atom stereocenters. The highest BCUT2D eigenvalue weighted by Gasteiger charge is 2.31. The van der Waals surface area contributed by atoms with Gasteiger partial charge in [-0.25, -0.2) is 4.98 Å². The molecule has 0 aliphatic carbocycles. The summed E-state index contributed by atoms with van der Waals surface area (Å²) in [7, 11) is 0. The second-order valence-corrected chi connectivity index (χ2v) is 5.69. The number of benzene rings is 1. The Kier molecular flexibility index (Phi) is 4.20. The van der Waals surface area contributed by atoms with Crippen molar-refractivity contribution in [3.63, 3.8) is 0 Å². The number of halogens is 3. The fourth-order valence-electron chi connectivity index (χ4n) is 2.77. The fraction of sp³-hybridized carbons (Fsp3) is 0.235. The van der Waals surface area contributed by atoms with Crippen LogP contribution in [0.3, 0.4) is 0 Å². The van der Waals surface area contributed by atoms with Gasteiger partial charge in [0.15, 0.2) is 0 Å². The van der Waals surface area contributed by atoms with Crippen LogP contribution < -0.4 is 0 Å². The average molecular weight is 349 g/mol. The van der Waals surface area contributed by atoms with Crippen LogP contribution in [0, 0.1) is 0 Å². The molecule has 1 aromatic carbocycles. The lowest BCUT2D eigenvalue weighted by atomic mass is 10.1. The molecule has 0 saturated heterocycles. The number of pyridine rings is 1. The molecule has 0 aliphatic heterocycles. The van der Waals surface area contributed by atoms with Gasteiger partial charge in [0.1, 0.15) is 5.82 Å². The van der Waals surface area contributed by atoms with Crippen LogP contribution in [0.5, 0.6) is 0 Å². The average Bonchev–Trinajstić information content (AvgIpc) is 2.93. The molecule has 1 unspecified atom stereocenters. The Labute approximate surface area is 140 Å². The summed E-state index contributed by atoms with van der Waals surface area (Å²) in [6.45, 7) is 1.69. The van der Waals surface area contributed by atoms with Gasteiger partial charge < -0.3 is 9.67 Å². The van der Waals surface area contributed by atoms with Crippen molar-refractivity contribution in [3.8, 4) is 11.4 Å². The molecule has 2 aromatic heterocycles. The summed E-state index contributed by atoms with van der Waals surface area (Å²) in [6, 6.07) is 6.15. The number of aromatic nitrogens is 3. The first-order valence-electron chi connectivity index (χ1n) is 7.48. The molecule has 5 nitrogen and oxygen atoms in total. The standard InChI is InChI=1S/C17H14F3N3O2/c1-10(8-15(24)25)23-14-3-2-12(17(18,19)20)9-13(14)22-16(23)11-4-6-21-7-5-11/h2-7,9-10H,8H2,1H3,(H,24,25). The number of alkyl halides is 3. The molecular weight excluding hydrogens is 335 g/mol. The van der Waals surface area contributed by atoms with Crippen LogP contribution in [0.1, 0.15) is 24.9 Å². The minimum absolute atomic E-state index is 0.166. The number of hydrogen-bond acceptors (Lipinski definition) is 3. The summed E-state index contributed by atoms with van der Waals surface area (Å²) in [5, 5.41) is 9.07. The number of imidazole rings is 1. The number of aliphatic carboxylic acids is 1. The Hall–Kier alpha value is -2.90. The molecule has 130 valence electrons. The van der Waals surface area contributed by atoms with E-state index in [1.165, 1.54) is 6.07 Å². The Bertz CT molecular complexity index is 920. The largest absolute Gasteiger partial charge is 0.481 e. The van der Waals surface area contributed by atoms with Crippen molar-refractivity contribution in [1.82, 2.24) is 14.5 Å². The van der Waals surface area contributed by atoms with Crippen LogP contribution in [0.2, 0.25) is 0 Å². The predicted molar refractivity (Wildman–Crippen MR) is 84.9 cm³/mol. The van der Waals surface area contributed by atoms with E-state index in [1.54, 1.807) is 36.0 Å². The molecule has 0 amide bonds. The van der Waals surface area contributed by atoms with Crippen molar-refractivity contribution >= 4 is 17.0 Å². The topological polar surface area (TPSA) is 68.0 Å². The molecule has 0 aliphatic rings. The third-order valence-corrected chi connectivity index (χ3v) is 3.87. The number of carboxylic acids is 1. The Morgan fingerprint density at radius 1 is 1.24 bits per heavy atom. The Morgan fingerprint density at radius 2 is 1.92 bits per heavy atom. The van der Waals surface area contributed by atoms with E-state index in [-0.39, 0.29) is 11.9 Å².